The first-order valence-electron chi connectivity index (χ1n) is 12.3. The number of alkyl halides is 2. The zero-order valence-electron chi connectivity index (χ0n) is 21.8. The molecule has 2 aromatic heterocycles. The van der Waals surface area contributed by atoms with Gasteiger partial charge in [-0.2, -0.15) is 5.26 Å². The molecule has 0 radical (unpaired) electrons. The van der Waals surface area contributed by atoms with Crippen LogP contribution in [0.1, 0.15) is 34.4 Å². The van der Waals surface area contributed by atoms with Gasteiger partial charge in [0.1, 0.15) is 41.2 Å². The second-order valence-electron chi connectivity index (χ2n) is 9.69. The smallest absolute Gasteiger partial charge is 0.266 e. The number of hydrogen-bond donors (Lipinski definition) is 1. The second kappa shape index (κ2) is 9.53. The largest absolute Gasteiger partial charge is 0.497 e. The van der Waals surface area contributed by atoms with Crippen LogP contribution in [0.15, 0.2) is 42.5 Å². The lowest BCUT2D eigenvalue weighted by Gasteiger charge is -2.21. The third-order valence-corrected chi connectivity index (χ3v) is 7.13. The van der Waals surface area contributed by atoms with Crippen LogP contribution >= 0.6 is 0 Å². The van der Waals surface area contributed by atoms with Crippen molar-refractivity contribution in [3.8, 4) is 23.3 Å². The van der Waals surface area contributed by atoms with Crippen molar-refractivity contribution in [2.45, 2.75) is 39.7 Å². The Morgan fingerprint density at radius 2 is 1.87 bits per heavy atom. The fourth-order valence-electron chi connectivity index (χ4n) is 5.11. The number of methoxy groups -OCH3 is 1. The number of halogens is 2. The zero-order chi connectivity index (χ0) is 27.2. The van der Waals surface area contributed by atoms with E-state index < -0.39 is 5.92 Å². The fraction of sp³-hybridized carbons (Fsp3) is 0.310. The third kappa shape index (κ3) is 4.36. The van der Waals surface area contributed by atoms with Gasteiger partial charge in [0.2, 0.25) is 0 Å². The summed E-state index contributed by atoms with van der Waals surface area (Å²) in [6, 6.07) is 15.5. The van der Waals surface area contributed by atoms with Crippen LogP contribution in [0.25, 0.3) is 16.7 Å². The van der Waals surface area contributed by atoms with Crippen molar-refractivity contribution in [3.05, 3.63) is 70.4 Å². The molecule has 0 amide bonds. The van der Waals surface area contributed by atoms with Crippen molar-refractivity contribution in [1.82, 2.24) is 9.55 Å². The summed E-state index contributed by atoms with van der Waals surface area (Å²) in [5.74, 6) is -1.05. The lowest BCUT2D eigenvalue weighted by atomic mass is 10.1. The third-order valence-electron chi connectivity index (χ3n) is 7.13. The van der Waals surface area contributed by atoms with Gasteiger partial charge < -0.3 is 20.1 Å². The molecule has 2 N–H and O–H groups in total. The second-order valence-corrected chi connectivity index (χ2v) is 9.69. The summed E-state index contributed by atoms with van der Waals surface area (Å²) in [6.45, 7) is 5.91. The molecule has 1 aliphatic heterocycles. The highest BCUT2D eigenvalue weighted by Gasteiger charge is 2.39. The van der Waals surface area contributed by atoms with Gasteiger partial charge in [-0.05, 0) is 56.2 Å². The number of rotatable bonds is 6. The Bertz CT molecular complexity index is 1570. The number of fused-ring (bicyclic) bond motifs is 1. The molecular formula is C29H29F2N5O2. The van der Waals surface area contributed by atoms with Crippen LogP contribution in [0.3, 0.4) is 0 Å². The molecule has 0 saturated carbocycles. The maximum absolute atomic E-state index is 13.9. The fourth-order valence-corrected chi connectivity index (χ4v) is 5.11. The molecule has 1 fully saturated rings. The first kappa shape index (κ1) is 25.3. The Morgan fingerprint density at radius 3 is 2.50 bits per heavy atom. The van der Waals surface area contributed by atoms with Gasteiger partial charge in [0.15, 0.2) is 0 Å². The SMILES string of the molecule is COc1ccc(COc2ccc(C)c(-n3c(N)c(C#N)c4cc(N5CCC(F)(F)C5)c(C)nc43)c2C)cc1. The van der Waals surface area contributed by atoms with Crippen molar-refractivity contribution in [1.29, 1.82) is 5.26 Å². The number of nitriles is 1. The Hall–Kier alpha value is -4.32. The molecule has 0 unspecified atom stereocenters. The highest BCUT2D eigenvalue weighted by atomic mass is 19.3. The molecular weight excluding hydrogens is 488 g/mol. The number of aryl methyl sites for hydroxylation is 2. The molecule has 38 heavy (non-hydrogen) atoms. The van der Waals surface area contributed by atoms with Crippen molar-refractivity contribution < 1.29 is 18.3 Å². The average molecular weight is 518 g/mol. The number of nitrogens with two attached hydrogens (primary N) is 1. The molecule has 0 atom stereocenters. The Morgan fingerprint density at radius 1 is 1.13 bits per heavy atom. The lowest BCUT2D eigenvalue weighted by molar-refractivity contribution is 0.0257. The first-order chi connectivity index (χ1) is 18.1. The molecule has 2 aromatic carbocycles. The number of aromatic nitrogens is 2. The van der Waals surface area contributed by atoms with E-state index in [1.165, 1.54) is 0 Å². The minimum absolute atomic E-state index is 0.208. The van der Waals surface area contributed by atoms with Gasteiger partial charge in [-0.3, -0.25) is 4.57 Å². The van der Waals surface area contributed by atoms with E-state index >= 15 is 0 Å². The van der Waals surface area contributed by atoms with Gasteiger partial charge >= 0.3 is 0 Å². The van der Waals surface area contributed by atoms with Crippen LogP contribution in [0.4, 0.5) is 20.3 Å². The monoisotopic (exact) mass is 517 g/mol. The van der Waals surface area contributed by atoms with E-state index in [1.54, 1.807) is 29.6 Å². The maximum atomic E-state index is 13.9. The molecule has 0 aliphatic carbocycles. The van der Waals surface area contributed by atoms with Crippen LogP contribution in [-0.2, 0) is 6.61 Å². The van der Waals surface area contributed by atoms with E-state index in [0.29, 0.717) is 34.8 Å². The van der Waals surface area contributed by atoms with Crippen molar-refractivity contribution >= 4 is 22.5 Å². The molecule has 7 nitrogen and oxygen atoms in total. The topological polar surface area (TPSA) is 89.3 Å². The minimum atomic E-state index is -2.75. The molecule has 4 aromatic rings. The molecule has 3 heterocycles. The van der Waals surface area contributed by atoms with Gasteiger partial charge in [0, 0.05) is 23.9 Å². The molecule has 0 spiro atoms. The van der Waals surface area contributed by atoms with E-state index in [2.05, 4.69) is 6.07 Å². The van der Waals surface area contributed by atoms with Gasteiger partial charge in [-0.1, -0.05) is 18.2 Å². The van der Waals surface area contributed by atoms with Gasteiger partial charge in [0.25, 0.3) is 5.92 Å². The minimum Gasteiger partial charge on any atom is -0.497 e. The van der Waals surface area contributed by atoms with E-state index in [1.807, 2.05) is 50.2 Å². The van der Waals surface area contributed by atoms with Gasteiger partial charge in [-0.15, -0.1) is 0 Å². The van der Waals surface area contributed by atoms with Crippen molar-refractivity contribution in [2.24, 2.45) is 0 Å². The lowest BCUT2D eigenvalue weighted by Crippen LogP contribution is -2.25. The molecule has 196 valence electrons. The number of ether oxygens (including phenoxy) is 2. The Balaban J connectivity index is 1.58. The first-order valence-corrected chi connectivity index (χ1v) is 12.3. The van der Waals surface area contributed by atoms with E-state index in [0.717, 1.165) is 28.1 Å². The Labute approximate surface area is 220 Å². The van der Waals surface area contributed by atoms with E-state index in [4.69, 9.17) is 20.2 Å². The average Bonchev–Trinajstić information content (AvgIpc) is 3.38. The number of pyridine rings is 1. The summed E-state index contributed by atoms with van der Waals surface area (Å²) in [6.07, 6.45) is -0.208. The van der Waals surface area contributed by atoms with Gasteiger partial charge in [0.05, 0.1) is 30.7 Å². The zero-order valence-corrected chi connectivity index (χ0v) is 21.8. The predicted molar refractivity (Wildman–Crippen MR) is 144 cm³/mol. The number of benzene rings is 2. The van der Waals surface area contributed by atoms with E-state index in [-0.39, 0.29) is 30.9 Å². The van der Waals surface area contributed by atoms with E-state index in [9.17, 15) is 14.0 Å². The normalized spacial score (nSPS) is 14.6. The molecule has 1 aliphatic rings. The number of anilines is 2. The predicted octanol–water partition coefficient (Wildman–Crippen LogP) is 5.84. The highest BCUT2D eigenvalue weighted by molar-refractivity contribution is 5.94. The molecule has 1 saturated heterocycles. The highest BCUT2D eigenvalue weighted by Crippen LogP contribution is 2.39. The summed E-state index contributed by atoms with van der Waals surface area (Å²) >= 11 is 0. The number of nitrogens with zero attached hydrogens (tertiary/aromatic N) is 4. The standard InChI is InChI=1S/C29H29F2N5O2/c1-17-5-10-25(38-15-20-6-8-21(37-4)9-7-20)18(2)26(17)36-27(33)23(14-32)22-13-24(19(3)34-28(22)36)35-12-11-29(30,31)16-35/h5-10,13H,11-12,15-16,33H2,1-4H3. The quantitative estimate of drug-likeness (QED) is 0.346. The Kier molecular flexibility index (Phi) is 6.35. The van der Waals surface area contributed by atoms with Crippen molar-refractivity contribution in [2.75, 3.05) is 30.8 Å². The number of nitrogen functional groups attached to an aromatic ring is 1. The van der Waals surface area contributed by atoms with Crippen molar-refractivity contribution in [3.63, 3.8) is 0 Å². The summed E-state index contributed by atoms with van der Waals surface area (Å²) < 4.78 is 41.0. The van der Waals surface area contributed by atoms with Crippen LogP contribution in [0, 0.1) is 32.1 Å². The number of hydrogen-bond acceptors (Lipinski definition) is 6. The summed E-state index contributed by atoms with van der Waals surface area (Å²) in [7, 11) is 1.62. The summed E-state index contributed by atoms with van der Waals surface area (Å²) in [5, 5.41) is 10.5. The molecule has 9 heteroatoms. The van der Waals surface area contributed by atoms with Crippen LogP contribution in [0.5, 0.6) is 11.5 Å². The summed E-state index contributed by atoms with van der Waals surface area (Å²) in [5.41, 5.74) is 12.0. The molecule has 5 rings (SSSR count). The van der Waals surface area contributed by atoms with Crippen LogP contribution < -0.4 is 20.1 Å². The van der Waals surface area contributed by atoms with Crippen LogP contribution in [0.2, 0.25) is 0 Å². The molecule has 0 bridgehead atoms. The summed E-state index contributed by atoms with van der Waals surface area (Å²) in [4.78, 5) is 6.41. The van der Waals surface area contributed by atoms with Crippen LogP contribution in [-0.4, -0.2) is 35.7 Å². The maximum Gasteiger partial charge on any atom is 0.266 e. The van der Waals surface area contributed by atoms with Gasteiger partial charge in [-0.25, -0.2) is 13.8 Å².